The number of carbonyl (C=O) groups excluding carboxylic acids is 1. The molecule has 0 aliphatic carbocycles. The minimum atomic E-state index is -0.229. The molecule has 2 rings (SSSR count). The van der Waals surface area contributed by atoms with Crippen LogP contribution in [-0.2, 0) is 16.1 Å². The number of methoxy groups -OCH3 is 1. The second kappa shape index (κ2) is 7.65. The molecule has 1 aromatic heterocycles. The molecule has 2 heterocycles. The first-order valence-corrected chi connectivity index (χ1v) is 7.83. The highest BCUT2D eigenvalue weighted by Crippen LogP contribution is 2.29. The van der Waals surface area contributed by atoms with E-state index in [0.29, 0.717) is 6.42 Å². The fourth-order valence-electron chi connectivity index (χ4n) is 3.09. The number of nitrogens with one attached hydrogen (secondary N) is 1. The smallest absolute Gasteiger partial charge is 0.219 e. The molecule has 1 aliphatic rings. The van der Waals surface area contributed by atoms with Crippen molar-refractivity contribution in [2.45, 2.75) is 44.8 Å². The predicted octanol–water partition coefficient (Wildman–Crippen LogP) is 1.29. The zero-order valence-electron chi connectivity index (χ0n) is 13.8. The first kappa shape index (κ1) is 16.8. The maximum atomic E-state index is 11.5. The van der Waals surface area contributed by atoms with Crippen LogP contribution in [0.5, 0.6) is 0 Å². The molecule has 22 heavy (non-hydrogen) atoms. The summed E-state index contributed by atoms with van der Waals surface area (Å²) in [4.78, 5) is 22.5. The van der Waals surface area contributed by atoms with E-state index in [2.05, 4.69) is 20.2 Å². The monoisotopic (exact) mass is 306 g/mol. The van der Waals surface area contributed by atoms with Crippen LogP contribution in [0.3, 0.4) is 0 Å². The molecule has 0 radical (unpaired) electrons. The van der Waals surface area contributed by atoms with Crippen LogP contribution in [-0.4, -0.2) is 53.6 Å². The van der Waals surface area contributed by atoms with Gasteiger partial charge in [-0.2, -0.15) is 0 Å². The van der Waals surface area contributed by atoms with Crippen molar-refractivity contribution in [1.29, 1.82) is 0 Å². The van der Waals surface area contributed by atoms with Gasteiger partial charge < -0.3 is 10.1 Å². The molecule has 0 saturated carbocycles. The third-order valence-electron chi connectivity index (χ3n) is 4.36. The summed E-state index contributed by atoms with van der Waals surface area (Å²) in [5, 5.41) is 2.68. The normalized spacial score (nSPS) is 22.5. The van der Waals surface area contributed by atoms with Gasteiger partial charge in [-0.05, 0) is 38.8 Å². The lowest BCUT2D eigenvalue weighted by molar-refractivity contribution is -0.124. The first-order valence-electron chi connectivity index (χ1n) is 7.83. The number of aryl methyl sites for hydroxylation is 1. The number of hydrogen-bond donors (Lipinski definition) is 1. The molecule has 6 heteroatoms. The van der Waals surface area contributed by atoms with E-state index < -0.39 is 0 Å². The Morgan fingerprint density at radius 1 is 1.55 bits per heavy atom. The molecule has 1 atom stereocenters. The number of amides is 1. The van der Waals surface area contributed by atoms with Crippen molar-refractivity contribution in [3.05, 3.63) is 23.8 Å². The van der Waals surface area contributed by atoms with Crippen molar-refractivity contribution in [3.8, 4) is 0 Å². The maximum Gasteiger partial charge on any atom is 0.219 e. The molecular weight excluding hydrogens is 280 g/mol. The summed E-state index contributed by atoms with van der Waals surface area (Å²) in [7, 11) is 3.43. The number of aromatic nitrogens is 2. The van der Waals surface area contributed by atoms with Crippen molar-refractivity contribution >= 4 is 5.91 Å². The highest BCUT2D eigenvalue weighted by molar-refractivity contribution is 5.75. The Kier molecular flexibility index (Phi) is 5.85. The van der Waals surface area contributed by atoms with Gasteiger partial charge in [-0.15, -0.1) is 0 Å². The van der Waals surface area contributed by atoms with Gasteiger partial charge in [-0.25, -0.2) is 9.97 Å². The van der Waals surface area contributed by atoms with Gasteiger partial charge in [0, 0.05) is 39.9 Å². The lowest BCUT2D eigenvalue weighted by Gasteiger charge is -2.42. The average molecular weight is 306 g/mol. The first-order chi connectivity index (χ1) is 10.6. The van der Waals surface area contributed by atoms with E-state index in [9.17, 15) is 4.79 Å². The zero-order valence-corrected chi connectivity index (χ0v) is 13.8. The summed E-state index contributed by atoms with van der Waals surface area (Å²) in [6.45, 7) is 4.58. The Labute approximate surface area is 132 Å². The summed E-state index contributed by atoms with van der Waals surface area (Å²) in [6, 6.07) is 1.96. The molecule has 122 valence electrons. The molecule has 0 spiro atoms. The van der Waals surface area contributed by atoms with Crippen LogP contribution in [0.1, 0.15) is 37.2 Å². The lowest BCUT2D eigenvalue weighted by atomic mass is 9.87. The zero-order chi connectivity index (χ0) is 16.0. The van der Waals surface area contributed by atoms with Crippen LogP contribution in [0.2, 0.25) is 0 Å². The van der Waals surface area contributed by atoms with Gasteiger partial charge in [-0.3, -0.25) is 9.69 Å². The van der Waals surface area contributed by atoms with Crippen molar-refractivity contribution in [3.63, 3.8) is 0 Å². The minimum Gasteiger partial charge on any atom is -0.377 e. The minimum absolute atomic E-state index is 0.0694. The molecule has 6 nitrogen and oxygen atoms in total. The molecule has 1 aliphatic heterocycles. The van der Waals surface area contributed by atoms with Crippen LogP contribution >= 0.6 is 0 Å². The largest absolute Gasteiger partial charge is 0.377 e. The molecule has 0 bridgehead atoms. The fourth-order valence-corrected chi connectivity index (χ4v) is 3.09. The quantitative estimate of drug-likeness (QED) is 0.858. The second-order valence-electron chi connectivity index (χ2n) is 5.97. The van der Waals surface area contributed by atoms with Gasteiger partial charge in [0.2, 0.25) is 5.91 Å². The van der Waals surface area contributed by atoms with Gasteiger partial charge in [0.15, 0.2) is 0 Å². The molecule has 0 unspecified atom stereocenters. The molecule has 1 amide bonds. The van der Waals surface area contributed by atoms with Crippen molar-refractivity contribution in [2.24, 2.45) is 0 Å². The van der Waals surface area contributed by atoms with Crippen LogP contribution in [0.25, 0.3) is 0 Å². The van der Waals surface area contributed by atoms with Crippen molar-refractivity contribution in [1.82, 2.24) is 20.2 Å². The maximum absolute atomic E-state index is 11.5. The van der Waals surface area contributed by atoms with Crippen molar-refractivity contribution in [2.75, 3.05) is 27.2 Å². The van der Waals surface area contributed by atoms with Crippen LogP contribution < -0.4 is 5.32 Å². The van der Waals surface area contributed by atoms with Gasteiger partial charge >= 0.3 is 0 Å². The van der Waals surface area contributed by atoms with E-state index in [1.807, 2.05) is 13.0 Å². The number of likely N-dealkylation sites (tertiary alicyclic amines) is 1. The lowest BCUT2D eigenvalue weighted by Crippen LogP contribution is -2.49. The number of piperidine rings is 1. The third-order valence-corrected chi connectivity index (χ3v) is 4.36. The summed E-state index contributed by atoms with van der Waals surface area (Å²) < 4.78 is 5.81. The van der Waals surface area contributed by atoms with Gasteiger partial charge in [0.1, 0.15) is 5.82 Å². The highest BCUT2D eigenvalue weighted by Gasteiger charge is 2.35. The van der Waals surface area contributed by atoms with Crippen molar-refractivity contribution < 1.29 is 9.53 Å². The number of ether oxygens (including phenoxy) is 1. The Balaban J connectivity index is 1.98. The number of carbonyl (C=O) groups is 1. The van der Waals surface area contributed by atoms with Gasteiger partial charge in [0.25, 0.3) is 0 Å². The average Bonchev–Trinajstić information content (AvgIpc) is 2.53. The Morgan fingerprint density at radius 2 is 2.36 bits per heavy atom. The second-order valence-corrected chi connectivity index (χ2v) is 5.97. The third kappa shape index (κ3) is 4.48. The Morgan fingerprint density at radius 3 is 3.05 bits per heavy atom. The summed E-state index contributed by atoms with van der Waals surface area (Å²) in [5.41, 5.74) is 0.804. The van der Waals surface area contributed by atoms with Crippen LogP contribution in [0.4, 0.5) is 0 Å². The highest BCUT2D eigenvalue weighted by atomic mass is 16.5. The van der Waals surface area contributed by atoms with E-state index in [4.69, 9.17) is 4.74 Å². The number of rotatable bonds is 6. The van der Waals surface area contributed by atoms with Gasteiger partial charge in [-0.1, -0.05) is 0 Å². The molecule has 1 N–H and O–H groups in total. The number of hydrogen-bond acceptors (Lipinski definition) is 5. The molecule has 1 aromatic rings. The fraction of sp³-hybridized carbons (Fsp3) is 0.688. The predicted molar refractivity (Wildman–Crippen MR) is 84.3 cm³/mol. The SMILES string of the molecule is CNC(=O)CC[C@]1(OC)CCCN(Cc2ccnc(C)n2)C1. The van der Waals surface area contributed by atoms with E-state index >= 15 is 0 Å². The van der Waals surface area contributed by atoms with E-state index in [1.165, 1.54) is 0 Å². The van der Waals surface area contributed by atoms with E-state index in [1.54, 1.807) is 20.4 Å². The molecule has 1 saturated heterocycles. The molecule has 0 aromatic carbocycles. The Hall–Kier alpha value is -1.53. The summed E-state index contributed by atoms with van der Waals surface area (Å²) in [5.74, 6) is 0.868. The molecule has 1 fully saturated rings. The van der Waals surface area contributed by atoms with E-state index in [-0.39, 0.29) is 11.5 Å². The topological polar surface area (TPSA) is 67.3 Å². The standard InChI is InChI=1S/C16H26N4O2/c1-13-18-9-6-14(19-13)11-20-10-4-7-16(12-20,22-3)8-5-15(21)17-2/h6,9H,4-5,7-8,10-12H2,1-3H3,(H,17,21)/t16-/m1/s1. The Bertz CT molecular complexity index is 509. The van der Waals surface area contributed by atoms with Crippen LogP contribution in [0.15, 0.2) is 12.3 Å². The number of nitrogens with zero attached hydrogens (tertiary/aromatic N) is 3. The molecular formula is C16H26N4O2. The van der Waals surface area contributed by atoms with Crippen LogP contribution in [0, 0.1) is 6.92 Å². The van der Waals surface area contributed by atoms with E-state index in [0.717, 1.165) is 50.4 Å². The summed E-state index contributed by atoms with van der Waals surface area (Å²) >= 11 is 0. The van der Waals surface area contributed by atoms with Gasteiger partial charge in [0.05, 0.1) is 11.3 Å². The summed E-state index contributed by atoms with van der Waals surface area (Å²) in [6.07, 6.45) is 5.13.